The van der Waals surface area contributed by atoms with Crippen LogP contribution in [-0.2, 0) is 4.74 Å². The number of rotatable bonds is 3. The first-order chi connectivity index (χ1) is 9.52. The fraction of sp³-hybridized carbons (Fsp3) is 0.125. The molecule has 0 saturated carbocycles. The second kappa shape index (κ2) is 5.57. The van der Waals surface area contributed by atoms with E-state index in [0.29, 0.717) is 16.7 Å². The summed E-state index contributed by atoms with van der Waals surface area (Å²) in [5.41, 5.74) is 2.87. The highest BCUT2D eigenvalue weighted by Gasteiger charge is 2.14. The van der Waals surface area contributed by atoms with Gasteiger partial charge in [-0.2, -0.15) is 0 Å². The number of carbonyl (C=O) groups excluding carboxylic acids is 1. The molecule has 0 aromatic heterocycles. The molecular weight excluding hydrogens is 256 g/mol. The monoisotopic (exact) mass is 270 g/mol. The standard InChI is InChI=1S/C16H14O4/c1-10-6-7-13(14(8-10)16(19)20-2)11-4-3-5-12(9-11)15(17)18/h3-9H,1-2H3,(H,17,18). The number of hydrogen-bond donors (Lipinski definition) is 1. The molecule has 0 aliphatic carbocycles. The number of carboxylic acid groups (broad SMARTS) is 1. The molecule has 102 valence electrons. The van der Waals surface area contributed by atoms with Crippen molar-refractivity contribution in [2.24, 2.45) is 0 Å². The van der Waals surface area contributed by atoms with Crippen LogP contribution in [0.1, 0.15) is 26.3 Å². The van der Waals surface area contributed by atoms with E-state index >= 15 is 0 Å². The van der Waals surface area contributed by atoms with Gasteiger partial charge in [0.15, 0.2) is 0 Å². The minimum absolute atomic E-state index is 0.180. The van der Waals surface area contributed by atoms with E-state index in [2.05, 4.69) is 0 Å². The van der Waals surface area contributed by atoms with Gasteiger partial charge in [0.25, 0.3) is 0 Å². The van der Waals surface area contributed by atoms with Gasteiger partial charge in [-0.05, 0) is 36.2 Å². The zero-order valence-electron chi connectivity index (χ0n) is 11.2. The van der Waals surface area contributed by atoms with Gasteiger partial charge in [0, 0.05) is 0 Å². The molecule has 0 aliphatic heterocycles. The lowest BCUT2D eigenvalue weighted by atomic mass is 9.96. The van der Waals surface area contributed by atoms with E-state index in [1.807, 2.05) is 13.0 Å². The first-order valence-electron chi connectivity index (χ1n) is 6.05. The first-order valence-corrected chi connectivity index (χ1v) is 6.05. The topological polar surface area (TPSA) is 63.6 Å². The zero-order chi connectivity index (χ0) is 14.7. The molecule has 4 heteroatoms. The summed E-state index contributed by atoms with van der Waals surface area (Å²) in [6.45, 7) is 1.88. The molecule has 0 unspecified atom stereocenters. The van der Waals surface area contributed by atoms with Gasteiger partial charge in [0.1, 0.15) is 0 Å². The van der Waals surface area contributed by atoms with Crippen LogP contribution in [0.15, 0.2) is 42.5 Å². The van der Waals surface area contributed by atoms with Crippen molar-refractivity contribution in [1.82, 2.24) is 0 Å². The molecule has 0 bridgehead atoms. The lowest BCUT2D eigenvalue weighted by Gasteiger charge is -2.10. The van der Waals surface area contributed by atoms with Crippen molar-refractivity contribution in [3.63, 3.8) is 0 Å². The lowest BCUT2D eigenvalue weighted by Crippen LogP contribution is -2.04. The number of carboxylic acids is 1. The highest BCUT2D eigenvalue weighted by Crippen LogP contribution is 2.26. The number of aryl methyl sites for hydroxylation is 1. The number of ether oxygens (including phenoxy) is 1. The highest BCUT2D eigenvalue weighted by molar-refractivity contribution is 5.98. The van der Waals surface area contributed by atoms with Gasteiger partial charge < -0.3 is 9.84 Å². The van der Waals surface area contributed by atoms with Gasteiger partial charge in [0.2, 0.25) is 0 Å². The Morgan fingerprint density at radius 3 is 2.50 bits per heavy atom. The van der Waals surface area contributed by atoms with Crippen molar-refractivity contribution in [2.45, 2.75) is 6.92 Å². The molecule has 1 N–H and O–H groups in total. The maximum Gasteiger partial charge on any atom is 0.338 e. The van der Waals surface area contributed by atoms with E-state index in [0.717, 1.165) is 5.56 Å². The van der Waals surface area contributed by atoms with Crippen molar-refractivity contribution in [2.75, 3.05) is 7.11 Å². The number of esters is 1. The second-order valence-corrected chi connectivity index (χ2v) is 4.43. The quantitative estimate of drug-likeness (QED) is 0.870. The molecule has 0 fully saturated rings. The second-order valence-electron chi connectivity index (χ2n) is 4.43. The molecule has 0 amide bonds. The van der Waals surface area contributed by atoms with Crippen LogP contribution >= 0.6 is 0 Å². The molecule has 2 aromatic rings. The SMILES string of the molecule is COC(=O)c1cc(C)ccc1-c1cccc(C(=O)O)c1. The van der Waals surface area contributed by atoms with Gasteiger partial charge in [0.05, 0.1) is 18.2 Å². The van der Waals surface area contributed by atoms with Crippen LogP contribution in [0.5, 0.6) is 0 Å². The summed E-state index contributed by atoms with van der Waals surface area (Å²) in [7, 11) is 1.32. The van der Waals surface area contributed by atoms with Crippen molar-refractivity contribution >= 4 is 11.9 Å². The minimum Gasteiger partial charge on any atom is -0.478 e. The molecule has 0 aliphatic rings. The van der Waals surface area contributed by atoms with E-state index in [9.17, 15) is 9.59 Å². The fourth-order valence-corrected chi connectivity index (χ4v) is 2.01. The predicted molar refractivity (Wildman–Crippen MR) is 74.9 cm³/mol. The van der Waals surface area contributed by atoms with Crippen LogP contribution in [0, 0.1) is 6.92 Å². The van der Waals surface area contributed by atoms with Crippen molar-refractivity contribution in [1.29, 1.82) is 0 Å². The molecule has 0 radical (unpaired) electrons. The van der Waals surface area contributed by atoms with E-state index in [1.54, 1.807) is 30.3 Å². The van der Waals surface area contributed by atoms with Gasteiger partial charge in [-0.3, -0.25) is 0 Å². The molecule has 0 atom stereocenters. The molecule has 20 heavy (non-hydrogen) atoms. The Kier molecular flexibility index (Phi) is 3.84. The Balaban J connectivity index is 2.60. The third-order valence-corrected chi connectivity index (χ3v) is 3.00. The van der Waals surface area contributed by atoms with Crippen molar-refractivity contribution in [3.8, 4) is 11.1 Å². The van der Waals surface area contributed by atoms with Gasteiger partial charge in [-0.25, -0.2) is 9.59 Å². The van der Waals surface area contributed by atoms with Crippen molar-refractivity contribution < 1.29 is 19.4 Å². The van der Waals surface area contributed by atoms with Gasteiger partial charge in [-0.15, -0.1) is 0 Å². The molecular formula is C16H14O4. The summed E-state index contributed by atoms with van der Waals surface area (Å²) in [6, 6.07) is 11.9. The highest BCUT2D eigenvalue weighted by atomic mass is 16.5. The molecule has 0 saturated heterocycles. The van der Waals surface area contributed by atoms with Crippen LogP contribution in [0.4, 0.5) is 0 Å². The minimum atomic E-state index is -1.00. The molecule has 0 heterocycles. The largest absolute Gasteiger partial charge is 0.478 e. The third kappa shape index (κ3) is 2.69. The maximum atomic E-state index is 11.8. The van der Waals surface area contributed by atoms with E-state index in [4.69, 9.17) is 9.84 Å². The summed E-state index contributed by atoms with van der Waals surface area (Å²) in [4.78, 5) is 22.9. The molecule has 2 rings (SSSR count). The third-order valence-electron chi connectivity index (χ3n) is 3.00. The Morgan fingerprint density at radius 1 is 1.10 bits per heavy atom. The Labute approximate surface area is 116 Å². The van der Waals surface area contributed by atoms with E-state index in [1.165, 1.54) is 13.2 Å². The fourth-order valence-electron chi connectivity index (χ4n) is 2.01. The molecule has 0 spiro atoms. The van der Waals surface area contributed by atoms with E-state index in [-0.39, 0.29) is 5.56 Å². The van der Waals surface area contributed by atoms with Crippen LogP contribution < -0.4 is 0 Å². The Morgan fingerprint density at radius 2 is 1.85 bits per heavy atom. The smallest absolute Gasteiger partial charge is 0.338 e. The first kappa shape index (κ1) is 13.8. The number of methoxy groups -OCH3 is 1. The number of benzene rings is 2. The van der Waals surface area contributed by atoms with Crippen LogP contribution in [0.25, 0.3) is 11.1 Å². The van der Waals surface area contributed by atoms with Gasteiger partial charge in [-0.1, -0.05) is 29.8 Å². The number of aromatic carboxylic acids is 1. The average molecular weight is 270 g/mol. The summed E-state index contributed by atoms with van der Waals surface area (Å²) in [5.74, 6) is -1.44. The van der Waals surface area contributed by atoms with Crippen LogP contribution in [0.3, 0.4) is 0 Å². The van der Waals surface area contributed by atoms with E-state index < -0.39 is 11.9 Å². The summed E-state index contributed by atoms with van der Waals surface area (Å²) in [6.07, 6.45) is 0. The summed E-state index contributed by atoms with van der Waals surface area (Å²) < 4.78 is 4.78. The van der Waals surface area contributed by atoms with Crippen LogP contribution in [0.2, 0.25) is 0 Å². The Bertz CT molecular complexity index is 674. The lowest BCUT2D eigenvalue weighted by molar-refractivity contribution is 0.0600. The van der Waals surface area contributed by atoms with Crippen LogP contribution in [-0.4, -0.2) is 24.2 Å². The predicted octanol–water partition coefficient (Wildman–Crippen LogP) is 3.15. The molecule has 4 nitrogen and oxygen atoms in total. The number of hydrogen-bond acceptors (Lipinski definition) is 3. The maximum absolute atomic E-state index is 11.8. The normalized spacial score (nSPS) is 10.1. The number of carbonyl (C=O) groups is 2. The zero-order valence-corrected chi connectivity index (χ0v) is 11.2. The summed E-state index contributed by atoms with van der Waals surface area (Å²) >= 11 is 0. The average Bonchev–Trinajstić information content (AvgIpc) is 2.46. The van der Waals surface area contributed by atoms with Gasteiger partial charge >= 0.3 is 11.9 Å². The van der Waals surface area contributed by atoms with Crippen molar-refractivity contribution in [3.05, 3.63) is 59.2 Å². The summed E-state index contributed by atoms with van der Waals surface area (Å²) in [5, 5.41) is 9.03. The Hall–Kier alpha value is -2.62. The molecule has 2 aromatic carbocycles.